The van der Waals surface area contributed by atoms with Crippen LogP contribution in [0, 0.1) is 0 Å². The lowest BCUT2D eigenvalue weighted by molar-refractivity contribution is 0.0374. The average Bonchev–Trinajstić information content (AvgIpc) is 2.44. The summed E-state index contributed by atoms with van der Waals surface area (Å²) in [4.78, 5) is 21.8. The highest BCUT2D eigenvalue weighted by molar-refractivity contribution is 6.29. The molecule has 19 heavy (non-hydrogen) atoms. The molecule has 0 saturated carbocycles. The zero-order valence-electron chi connectivity index (χ0n) is 10.6. The summed E-state index contributed by atoms with van der Waals surface area (Å²) < 4.78 is 5.27. The molecule has 0 bridgehead atoms. The van der Waals surface area contributed by atoms with Crippen molar-refractivity contribution in [3.05, 3.63) is 23.2 Å². The number of hydrogen-bond acceptors (Lipinski definition) is 5. The van der Waals surface area contributed by atoms with E-state index in [1.165, 1.54) is 12.4 Å². The van der Waals surface area contributed by atoms with E-state index in [0.717, 1.165) is 39.3 Å². The molecular weight excluding hydrogens is 268 g/mol. The Balaban J connectivity index is 1.66. The number of rotatable bonds is 5. The Kier molecular flexibility index (Phi) is 5.50. The van der Waals surface area contributed by atoms with Gasteiger partial charge in [0.2, 0.25) is 0 Å². The number of nitrogens with zero attached hydrogens (tertiary/aromatic N) is 3. The summed E-state index contributed by atoms with van der Waals surface area (Å²) in [5.41, 5.74) is 0.249. The van der Waals surface area contributed by atoms with Crippen LogP contribution >= 0.6 is 11.6 Å². The second kappa shape index (κ2) is 7.37. The van der Waals surface area contributed by atoms with Crippen LogP contribution in [-0.4, -0.2) is 60.2 Å². The second-order valence-electron chi connectivity index (χ2n) is 4.29. The molecular formula is C12H17ClN4O2. The largest absolute Gasteiger partial charge is 0.379 e. The van der Waals surface area contributed by atoms with Crippen LogP contribution in [0.2, 0.25) is 5.15 Å². The summed E-state index contributed by atoms with van der Waals surface area (Å²) in [6.07, 6.45) is 3.71. The van der Waals surface area contributed by atoms with Crippen molar-refractivity contribution >= 4 is 17.5 Å². The zero-order chi connectivity index (χ0) is 13.5. The van der Waals surface area contributed by atoms with E-state index < -0.39 is 0 Å². The topological polar surface area (TPSA) is 67.4 Å². The summed E-state index contributed by atoms with van der Waals surface area (Å²) >= 11 is 5.68. The average molecular weight is 285 g/mol. The highest BCUT2D eigenvalue weighted by atomic mass is 35.5. The number of hydrogen-bond donors (Lipinski definition) is 1. The summed E-state index contributed by atoms with van der Waals surface area (Å²) in [5.74, 6) is -0.239. The van der Waals surface area contributed by atoms with Gasteiger partial charge < -0.3 is 10.1 Å². The van der Waals surface area contributed by atoms with Crippen molar-refractivity contribution in [2.75, 3.05) is 39.4 Å². The number of nitrogens with one attached hydrogen (secondary N) is 1. The molecule has 1 saturated heterocycles. The standard InChI is InChI=1S/C12H17ClN4O2/c13-11-9-14-8-10(16-11)12(18)15-2-1-3-17-4-6-19-7-5-17/h8-9H,1-7H2,(H,15,18). The van der Waals surface area contributed by atoms with Crippen molar-refractivity contribution in [2.45, 2.75) is 6.42 Å². The van der Waals surface area contributed by atoms with Crippen molar-refractivity contribution in [3.8, 4) is 0 Å². The van der Waals surface area contributed by atoms with Crippen molar-refractivity contribution < 1.29 is 9.53 Å². The number of carbonyl (C=O) groups is 1. The van der Waals surface area contributed by atoms with Crippen LogP contribution in [-0.2, 0) is 4.74 Å². The minimum absolute atomic E-state index is 0.223. The van der Waals surface area contributed by atoms with Gasteiger partial charge in [-0.2, -0.15) is 0 Å². The van der Waals surface area contributed by atoms with E-state index >= 15 is 0 Å². The Hall–Kier alpha value is -1.24. The van der Waals surface area contributed by atoms with E-state index in [1.807, 2.05) is 0 Å². The minimum atomic E-state index is -0.239. The smallest absolute Gasteiger partial charge is 0.271 e. The zero-order valence-corrected chi connectivity index (χ0v) is 11.4. The monoisotopic (exact) mass is 284 g/mol. The quantitative estimate of drug-likeness (QED) is 0.801. The number of morpholine rings is 1. The Labute approximate surface area is 117 Å². The molecule has 104 valence electrons. The van der Waals surface area contributed by atoms with Gasteiger partial charge in [0, 0.05) is 19.6 Å². The molecule has 1 aromatic rings. The first-order valence-corrected chi connectivity index (χ1v) is 6.69. The molecule has 0 aromatic carbocycles. The lowest BCUT2D eigenvalue weighted by atomic mass is 10.3. The summed E-state index contributed by atoms with van der Waals surface area (Å²) in [5, 5.41) is 3.03. The number of ether oxygens (including phenoxy) is 1. The van der Waals surface area contributed by atoms with Crippen LogP contribution in [0.5, 0.6) is 0 Å². The molecule has 1 aromatic heterocycles. The molecule has 6 nitrogen and oxygen atoms in total. The van der Waals surface area contributed by atoms with Crippen molar-refractivity contribution in [1.29, 1.82) is 0 Å². The summed E-state index contributed by atoms with van der Waals surface area (Å²) in [7, 11) is 0. The van der Waals surface area contributed by atoms with Crippen molar-refractivity contribution in [2.24, 2.45) is 0 Å². The van der Waals surface area contributed by atoms with E-state index in [9.17, 15) is 4.79 Å². The van der Waals surface area contributed by atoms with E-state index in [4.69, 9.17) is 16.3 Å². The normalized spacial score (nSPS) is 16.3. The van der Waals surface area contributed by atoms with E-state index in [2.05, 4.69) is 20.2 Å². The Bertz CT molecular complexity index is 424. The minimum Gasteiger partial charge on any atom is -0.379 e. The highest BCUT2D eigenvalue weighted by Crippen LogP contribution is 2.02. The van der Waals surface area contributed by atoms with E-state index in [1.54, 1.807) is 0 Å². The Morgan fingerprint density at radius 2 is 2.21 bits per heavy atom. The molecule has 0 spiro atoms. The number of aromatic nitrogens is 2. The predicted molar refractivity (Wildman–Crippen MR) is 71.3 cm³/mol. The first-order valence-electron chi connectivity index (χ1n) is 6.31. The summed E-state index contributed by atoms with van der Waals surface area (Å²) in [6, 6.07) is 0. The number of halogens is 1. The predicted octanol–water partition coefficient (Wildman–Crippen LogP) is 0.582. The molecule has 1 amide bonds. The van der Waals surface area contributed by atoms with Gasteiger partial charge in [0.15, 0.2) is 0 Å². The van der Waals surface area contributed by atoms with Crippen LogP contribution in [0.3, 0.4) is 0 Å². The maximum Gasteiger partial charge on any atom is 0.271 e. The van der Waals surface area contributed by atoms with Gasteiger partial charge in [0.1, 0.15) is 10.8 Å². The van der Waals surface area contributed by atoms with Crippen LogP contribution in [0.1, 0.15) is 16.9 Å². The molecule has 7 heteroatoms. The fraction of sp³-hybridized carbons (Fsp3) is 0.583. The van der Waals surface area contributed by atoms with E-state index in [-0.39, 0.29) is 16.8 Å². The van der Waals surface area contributed by atoms with Gasteiger partial charge in [-0.1, -0.05) is 11.6 Å². The maximum absolute atomic E-state index is 11.7. The fourth-order valence-electron chi connectivity index (χ4n) is 1.87. The van der Waals surface area contributed by atoms with Crippen LogP contribution in [0.25, 0.3) is 0 Å². The first-order chi connectivity index (χ1) is 9.25. The van der Waals surface area contributed by atoms with Crippen LogP contribution in [0.4, 0.5) is 0 Å². The van der Waals surface area contributed by atoms with Crippen LogP contribution < -0.4 is 5.32 Å². The third-order valence-corrected chi connectivity index (χ3v) is 3.06. The van der Waals surface area contributed by atoms with Gasteiger partial charge in [-0.25, -0.2) is 4.98 Å². The molecule has 1 N–H and O–H groups in total. The Morgan fingerprint density at radius 3 is 2.95 bits per heavy atom. The molecule has 1 aliphatic rings. The third kappa shape index (κ3) is 4.74. The van der Waals surface area contributed by atoms with Crippen molar-refractivity contribution in [3.63, 3.8) is 0 Å². The lowest BCUT2D eigenvalue weighted by Gasteiger charge is -2.26. The number of amides is 1. The Morgan fingerprint density at radius 1 is 1.42 bits per heavy atom. The van der Waals surface area contributed by atoms with Gasteiger partial charge in [0.05, 0.1) is 25.6 Å². The van der Waals surface area contributed by atoms with E-state index in [0.29, 0.717) is 6.54 Å². The van der Waals surface area contributed by atoms with Crippen LogP contribution in [0.15, 0.2) is 12.4 Å². The van der Waals surface area contributed by atoms with Gasteiger partial charge in [-0.15, -0.1) is 0 Å². The number of carbonyl (C=O) groups excluding carboxylic acids is 1. The third-order valence-electron chi connectivity index (χ3n) is 2.88. The highest BCUT2D eigenvalue weighted by Gasteiger charge is 2.10. The molecule has 1 aliphatic heterocycles. The summed E-state index contributed by atoms with van der Waals surface area (Å²) in [6.45, 7) is 5.10. The van der Waals surface area contributed by atoms with Gasteiger partial charge in [-0.3, -0.25) is 14.7 Å². The maximum atomic E-state index is 11.7. The molecule has 0 atom stereocenters. The molecule has 1 fully saturated rings. The van der Waals surface area contributed by atoms with Gasteiger partial charge >= 0.3 is 0 Å². The molecule has 0 radical (unpaired) electrons. The molecule has 0 unspecified atom stereocenters. The van der Waals surface area contributed by atoms with Gasteiger partial charge in [-0.05, 0) is 13.0 Å². The van der Waals surface area contributed by atoms with Crippen molar-refractivity contribution in [1.82, 2.24) is 20.2 Å². The van der Waals surface area contributed by atoms with Gasteiger partial charge in [0.25, 0.3) is 5.91 Å². The lowest BCUT2D eigenvalue weighted by Crippen LogP contribution is -2.38. The molecule has 2 rings (SSSR count). The molecule has 0 aliphatic carbocycles. The fourth-order valence-corrected chi connectivity index (χ4v) is 2.02. The first kappa shape index (κ1) is 14.2. The SMILES string of the molecule is O=C(NCCCN1CCOCC1)c1cncc(Cl)n1. The second-order valence-corrected chi connectivity index (χ2v) is 4.68. The molecule has 2 heterocycles.